The van der Waals surface area contributed by atoms with Crippen LogP contribution >= 0.6 is 0 Å². The van der Waals surface area contributed by atoms with Crippen molar-refractivity contribution in [3.05, 3.63) is 36.4 Å². The maximum atomic E-state index is 5.31. The van der Waals surface area contributed by atoms with E-state index < -0.39 is 0 Å². The van der Waals surface area contributed by atoms with Gasteiger partial charge in [0.1, 0.15) is 12.5 Å². The van der Waals surface area contributed by atoms with E-state index in [0.29, 0.717) is 6.73 Å². The molecule has 0 spiro atoms. The number of ether oxygens (including phenoxy) is 1. The molecule has 0 radical (unpaired) electrons. The van der Waals surface area contributed by atoms with E-state index in [1.807, 2.05) is 37.4 Å². The number of benzene rings is 1. The third kappa shape index (κ3) is 2.40. The summed E-state index contributed by atoms with van der Waals surface area (Å²) in [6.45, 7) is 4.20. The molecule has 0 saturated heterocycles. The van der Waals surface area contributed by atoms with E-state index in [2.05, 4.69) is 11.9 Å². The van der Waals surface area contributed by atoms with Crippen LogP contribution in [0, 0.1) is 0 Å². The number of hydrogen-bond acceptors (Lipinski definition) is 2. The van der Waals surface area contributed by atoms with Gasteiger partial charge in [0.05, 0.1) is 0 Å². The van der Waals surface area contributed by atoms with Gasteiger partial charge in [-0.3, -0.25) is 5.32 Å². The lowest BCUT2D eigenvalue weighted by atomic mass is 10.2. The highest BCUT2D eigenvalue weighted by atomic mass is 16.5. The summed E-state index contributed by atoms with van der Waals surface area (Å²) in [5, 5.41) is 2.90. The highest BCUT2D eigenvalue weighted by Crippen LogP contribution is 2.11. The van der Waals surface area contributed by atoms with E-state index in [1.165, 1.54) is 0 Å². The van der Waals surface area contributed by atoms with Crippen molar-refractivity contribution in [1.82, 2.24) is 5.32 Å². The maximum absolute atomic E-state index is 5.31. The molecule has 0 fully saturated rings. The molecular weight excluding hydrogens is 150 g/mol. The first kappa shape index (κ1) is 8.81. The standard InChI is InChI=1S/C10H13NO/c1-3-9-4-6-10(7-5-9)12-8-11-2/h3-7,11H,1,8H2,2H3. The Bertz CT molecular complexity index is 241. The monoisotopic (exact) mass is 163 g/mol. The van der Waals surface area contributed by atoms with Crippen LogP contribution in [0.4, 0.5) is 0 Å². The van der Waals surface area contributed by atoms with Gasteiger partial charge in [0.15, 0.2) is 0 Å². The summed E-state index contributed by atoms with van der Waals surface area (Å²) in [5.41, 5.74) is 1.10. The van der Waals surface area contributed by atoms with Gasteiger partial charge in [0.2, 0.25) is 0 Å². The lowest BCUT2D eigenvalue weighted by molar-refractivity contribution is 0.296. The molecule has 12 heavy (non-hydrogen) atoms. The van der Waals surface area contributed by atoms with Gasteiger partial charge in [0, 0.05) is 0 Å². The van der Waals surface area contributed by atoms with Gasteiger partial charge in [-0.25, -0.2) is 0 Å². The van der Waals surface area contributed by atoms with Crippen molar-refractivity contribution in [2.24, 2.45) is 0 Å². The average Bonchev–Trinajstić information content (AvgIpc) is 2.15. The first-order valence-electron chi connectivity index (χ1n) is 3.86. The fraction of sp³-hybridized carbons (Fsp3) is 0.200. The van der Waals surface area contributed by atoms with Crippen LogP contribution in [0.1, 0.15) is 5.56 Å². The van der Waals surface area contributed by atoms with Crippen molar-refractivity contribution in [1.29, 1.82) is 0 Å². The van der Waals surface area contributed by atoms with Crippen LogP contribution in [0.15, 0.2) is 30.8 Å². The molecule has 1 aromatic carbocycles. The van der Waals surface area contributed by atoms with Crippen molar-refractivity contribution in [3.8, 4) is 5.75 Å². The quantitative estimate of drug-likeness (QED) is 0.684. The van der Waals surface area contributed by atoms with Crippen LogP contribution < -0.4 is 10.1 Å². The summed E-state index contributed by atoms with van der Waals surface area (Å²) in [5.74, 6) is 0.870. The Morgan fingerprint density at radius 2 is 2.08 bits per heavy atom. The molecule has 64 valence electrons. The van der Waals surface area contributed by atoms with Crippen molar-refractivity contribution < 1.29 is 4.74 Å². The fourth-order valence-corrected chi connectivity index (χ4v) is 0.856. The van der Waals surface area contributed by atoms with E-state index in [-0.39, 0.29) is 0 Å². The zero-order valence-electron chi connectivity index (χ0n) is 7.21. The van der Waals surface area contributed by atoms with Gasteiger partial charge < -0.3 is 4.74 Å². The Labute approximate surface area is 72.9 Å². The summed E-state index contributed by atoms with van der Waals surface area (Å²) >= 11 is 0. The van der Waals surface area contributed by atoms with E-state index in [9.17, 15) is 0 Å². The van der Waals surface area contributed by atoms with E-state index in [0.717, 1.165) is 11.3 Å². The van der Waals surface area contributed by atoms with Crippen LogP contribution in [0.5, 0.6) is 5.75 Å². The molecule has 0 bridgehead atoms. The van der Waals surface area contributed by atoms with Crippen LogP contribution in [0.2, 0.25) is 0 Å². The smallest absolute Gasteiger partial charge is 0.139 e. The topological polar surface area (TPSA) is 21.3 Å². The lowest BCUT2D eigenvalue weighted by Gasteiger charge is -2.04. The van der Waals surface area contributed by atoms with Crippen molar-refractivity contribution in [2.75, 3.05) is 13.8 Å². The molecule has 0 aliphatic carbocycles. The molecule has 0 amide bonds. The minimum absolute atomic E-state index is 0.535. The third-order valence-corrected chi connectivity index (χ3v) is 1.50. The second-order valence-corrected chi connectivity index (χ2v) is 2.42. The largest absolute Gasteiger partial charge is 0.478 e. The molecule has 2 nitrogen and oxygen atoms in total. The van der Waals surface area contributed by atoms with Crippen LogP contribution in [-0.4, -0.2) is 13.8 Å². The second-order valence-electron chi connectivity index (χ2n) is 2.42. The van der Waals surface area contributed by atoms with E-state index in [4.69, 9.17) is 4.74 Å². The first-order chi connectivity index (χ1) is 5.86. The van der Waals surface area contributed by atoms with Gasteiger partial charge in [-0.1, -0.05) is 24.8 Å². The number of hydrogen-bond donors (Lipinski definition) is 1. The minimum atomic E-state index is 0.535. The molecular formula is C10H13NO. The summed E-state index contributed by atoms with van der Waals surface area (Å²) in [4.78, 5) is 0. The minimum Gasteiger partial charge on any atom is -0.478 e. The number of nitrogens with one attached hydrogen (secondary N) is 1. The van der Waals surface area contributed by atoms with Gasteiger partial charge in [-0.2, -0.15) is 0 Å². The number of rotatable bonds is 4. The summed E-state index contributed by atoms with van der Waals surface area (Å²) in [6.07, 6.45) is 1.81. The molecule has 0 heterocycles. The molecule has 0 atom stereocenters. The van der Waals surface area contributed by atoms with E-state index >= 15 is 0 Å². The molecule has 1 N–H and O–H groups in total. The van der Waals surface area contributed by atoms with Crippen molar-refractivity contribution in [2.45, 2.75) is 0 Å². The van der Waals surface area contributed by atoms with Crippen LogP contribution in [0.3, 0.4) is 0 Å². The molecule has 0 saturated carbocycles. The van der Waals surface area contributed by atoms with E-state index in [1.54, 1.807) is 0 Å². The Hall–Kier alpha value is -1.28. The van der Waals surface area contributed by atoms with Crippen molar-refractivity contribution in [3.63, 3.8) is 0 Å². The Balaban J connectivity index is 2.58. The molecule has 1 rings (SSSR count). The summed E-state index contributed by atoms with van der Waals surface area (Å²) < 4.78 is 5.31. The zero-order chi connectivity index (χ0) is 8.81. The zero-order valence-corrected chi connectivity index (χ0v) is 7.21. The molecule has 2 heteroatoms. The van der Waals surface area contributed by atoms with Crippen LogP contribution in [-0.2, 0) is 0 Å². The summed E-state index contributed by atoms with van der Waals surface area (Å²) in [6, 6.07) is 7.79. The molecule has 0 unspecified atom stereocenters. The summed E-state index contributed by atoms with van der Waals surface area (Å²) in [7, 11) is 1.85. The normalized spacial score (nSPS) is 9.42. The SMILES string of the molecule is C=Cc1ccc(OCNC)cc1. The average molecular weight is 163 g/mol. The molecule has 0 aliphatic rings. The Morgan fingerprint density at radius 1 is 1.42 bits per heavy atom. The predicted molar refractivity (Wildman–Crippen MR) is 51.1 cm³/mol. The van der Waals surface area contributed by atoms with Crippen LogP contribution in [0.25, 0.3) is 6.08 Å². The lowest BCUT2D eigenvalue weighted by Crippen LogP contribution is -2.13. The van der Waals surface area contributed by atoms with Gasteiger partial charge in [0.25, 0.3) is 0 Å². The Morgan fingerprint density at radius 3 is 2.58 bits per heavy atom. The molecule has 0 aliphatic heterocycles. The second kappa shape index (κ2) is 4.57. The molecule has 0 aromatic heterocycles. The highest BCUT2D eigenvalue weighted by Gasteiger charge is 1.90. The van der Waals surface area contributed by atoms with Gasteiger partial charge in [-0.05, 0) is 24.7 Å². The Kier molecular flexibility index (Phi) is 3.35. The van der Waals surface area contributed by atoms with Crippen molar-refractivity contribution >= 4 is 6.08 Å². The van der Waals surface area contributed by atoms with Gasteiger partial charge >= 0.3 is 0 Å². The highest BCUT2D eigenvalue weighted by molar-refractivity contribution is 5.48. The fourth-order valence-electron chi connectivity index (χ4n) is 0.856. The first-order valence-corrected chi connectivity index (χ1v) is 3.86. The van der Waals surface area contributed by atoms with Gasteiger partial charge in [-0.15, -0.1) is 0 Å². The molecule has 1 aromatic rings. The predicted octanol–water partition coefficient (Wildman–Crippen LogP) is 1.89. The maximum Gasteiger partial charge on any atom is 0.139 e. The third-order valence-electron chi connectivity index (χ3n) is 1.50.